The molecule has 2 rings (SSSR count). The van der Waals surface area contributed by atoms with E-state index in [0.717, 1.165) is 6.42 Å². The summed E-state index contributed by atoms with van der Waals surface area (Å²) < 4.78 is 11.0. The zero-order chi connectivity index (χ0) is 17.9. The van der Waals surface area contributed by atoms with Crippen molar-refractivity contribution in [1.29, 1.82) is 0 Å². The van der Waals surface area contributed by atoms with E-state index in [1.165, 1.54) is 18.2 Å². The molecule has 0 radical (unpaired) electrons. The largest absolute Gasteiger partial charge is 0.493 e. The Morgan fingerprint density at radius 3 is 2.75 bits per heavy atom. The molecule has 1 saturated heterocycles. The molecule has 0 spiro atoms. The molecule has 1 unspecified atom stereocenters. The maximum atomic E-state index is 12.0. The molecule has 1 heterocycles. The van der Waals surface area contributed by atoms with Crippen LogP contribution in [-0.2, 0) is 4.74 Å². The number of amides is 1. The van der Waals surface area contributed by atoms with Crippen LogP contribution in [0, 0.1) is 16.0 Å². The number of benzene rings is 1. The summed E-state index contributed by atoms with van der Waals surface area (Å²) >= 11 is 5.86. The van der Waals surface area contributed by atoms with E-state index in [1.54, 1.807) is 4.90 Å². The molecule has 0 saturated carbocycles. The quantitative estimate of drug-likeness (QED) is 0.604. The van der Waals surface area contributed by atoms with Crippen molar-refractivity contribution in [3.63, 3.8) is 0 Å². The van der Waals surface area contributed by atoms with Crippen LogP contribution in [0.2, 0.25) is 5.02 Å². The number of carbonyl (C=O) groups excluding carboxylic acids is 1. The van der Waals surface area contributed by atoms with Gasteiger partial charge in [-0.15, -0.1) is 0 Å². The van der Waals surface area contributed by atoms with E-state index >= 15 is 0 Å². The fraction of sp³-hybridized carbons (Fsp3) is 0.562. The van der Waals surface area contributed by atoms with Gasteiger partial charge in [0.15, 0.2) is 0 Å². The third-order valence-electron chi connectivity index (χ3n) is 3.49. The number of rotatable bonds is 4. The zero-order valence-corrected chi connectivity index (χ0v) is 14.7. The van der Waals surface area contributed by atoms with Gasteiger partial charge in [0.05, 0.1) is 22.6 Å². The summed E-state index contributed by atoms with van der Waals surface area (Å²) in [4.78, 5) is 24.0. The molecule has 1 aromatic rings. The SMILES string of the molecule is CC(C)(C)OC(=O)N1CCC(COc2cc(Cl)cc([N+](=O)[O-])c2)C1. The van der Waals surface area contributed by atoms with Crippen molar-refractivity contribution in [2.24, 2.45) is 5.92 Å². The van der Waals surface area contributed by atoms with E-state index in [4.69, 9.17) is 21.1 Å². The first-order chi connectivity index (χ1) is 11.1. The first-order valence-electron chi connectivity index (χ1n) is 7.70. The number of nitro benzene ring substituents is 1. The minimum Gasteiger partial charge on any atom is -0.493 e. The van der Waals surface area contributed by atoms with Crippen LogP contribution >= 0.6 is 11.6 Å². The lowest BCUT2D eigenvalue weighted by Crippen LogP contribution is -2.35. The first kappa shape index (κ1) is 18.3. The normalized spacial score (nSPS) is 17.7. The molecule has 7 nitrogen and oxygen atoms in total. The zero-order valence-electron chi connectivity index (χ0n) is 14.0. The molecule has 1 atom stereocenters. The number of hydrogen-bond acceptors (Lipinski definition) is 5. The van der Waals surface area contributed by atoms with Crippen LogP contribution in [0.5, 0.6) is 5.75 Å². The topological polar surface area (TPSA) is 81.9 Å². The fourth-order valence-corrected chi connectivity index (χ4v) is 2.63. The van der Waals surface area contributed by atoms with Crippen molar-refractivity contribution in [2.75, 3.05) is 19.7 Å². The van der Waals surface area contributed by atoms with Crippen molar-refractivity contribution in [3.8, 4) is 5.75 Å². The summed E-state index contributed by atoms with van der Waals surface area (Å²) in [5, 5.41) is 11.1. The average Bonchev–Trinajstić information content (AvgIpc) is 2.91. The maximum Gasteiger partial charge on any atom is 0.410 e. The van der Waals surface area contributed by atoms with E-state index in [-0.39, 0.29) is 22.7 Å². The lowest BCUT2D eigenvalue weighted by Gasteiger charge is -2.24. The van der Waals surface area contributed by atoms with Gasteiger partial charge in [-0.1, -0.05) is 11.6 Å². The van der Waals surface area contributed by atoms with Crippen LogP contribution in [-0.4, -0.2) is 41.2 Å². The van der Waals surface area contributed by atoms with Crippen LogP contribution in [0.1, 0.15) is 27.2 Å². The highest BCUT2D eigenvalue weighted by atomic mass is 35.5. The summed E-state index contributed by atoms with van der Waals surface area (Å²) in [6.07, 6.45) is 0.463. The van der Waals surface area contributed by atoms with Crippen LogP contribution < -0.4 is 4.74 Å². The van der Waals surface area contributed by atoms with Crippen molar-refractivity contribution in [3.05, 3.63) is 33.3 Å². The van der Waals surface area contributed by atoms with Crippen LogP contribution in [0.25, 0.3) is 0 Å². The molecule has 0 aromatic heterocycles. The lowest BCUT2D eigenvalue weighted by atomic mass is 10.1. The van der Waals surface area contributed by atoms with Gasteiger partial charge in [0.25, 0.3) is 5.69 Å². The Kier molecular flexibility index (Phi) is 5.54. The number of hydrogen-bond donors (Lipinski definition) is 0. The Bertz CT molecular complexity index is 629. The van der Waals surface area contributed by atoms with E-state index in [2.05, 4.69) is 0 Å². The van der Waals surface area contributed by atoms with Crippen LogP contribution in [0.3, 0.4) is 0 Å². The molecule has 1 aromatic carbocycles. The third kappa shape index (κ3) is 5.26. The Morgan fingerprint density at radius 2 is 2.12 bits per heavy atom. The molecule has 1 amide bonds. The highest BCUT2D eigenvalue weighted by Crippen LogP contribution is 2.27. The summed E-state index contributed by atoms with van der Waals surface area (Å²) in [6, 6.07) is 4.15. The van der Waals surface area contributed by atoms with Gasteiger partial charge in [-0.3, -0.25) is 10.1 Å². The summed E-state index contributed by atoms with van der Waals surface area (Å²) in [5.41, 5.74) is -0.634. The summed E-state index contributed by atoms with van der Waals surface area (Å²) in [5.74, 6) is 0.500. The van der Waals surface area contributed by atoms with E-state index < -0.39 is 10.5 Å². The summed E-state index contributed by atoms with van der Waals surface area (Å²) in [7, 11) is 0. The van der Waals surface area contributed by atoms with Gasteiger partial charge in [-0.25, -0.2) is 4.79 Å². The van der Waals surface area contributed by atoms with Gasteiger partial charge in [0, 0.05) is 25.1 Å². The molecule has 1 aliphatic rings. The highest BCUT2D eigenvalue weighted by Gasteiger charge is 2.30. The molecule has 0 aliphatic carbocycles. The van der Waals surface area contributed by atoms with Crippen LogP contribution in [0.15, 0.2) is 18.2 Å². The van der Waals surface area contributed by atoms with Crippen molar-refractivity contribution < 1.29 is 19.2 Å². The molecule has 24 heavy (non-hydrogen) atoms. The summed E-state index contributed by atoms with van der Waals surface area (Å²) in [6.45, 7) is 6.99. The predicted molar refractivity (Wildman–Crippen MR) is 89.5 cm³/mol. The Morgan fingerprint density at radius 1 is 1.42 bits per heavy atom. The molecule has 0 bridgehead atoms. The van der Waals surface area contributed by atoms with Crippen molar-refractivity contribution in [2.45, 2.75) is 32.8 Å². The van der Waals surface area contributed by atoms with Crippen molar-refractivity contribution >= 4 is 23.4 Å². The number of halogens is 1. The predicted octanol–water partition coefficient (Wildman–Crippen LogP) is 3.88. The number of carbonyl (C=O) groups is 1. The molecule has 0 N–H and O–H groups in total. The van der Waals surface area contributed by atoms with Gasteiger partial charge in [0.2, 0.25) is 0 Å². The van der Waals surface area contributed by atoms with Crippen LogP contribution in [0.4, 0.5) is 10.5 Å². The van der Waals surface area contributed by atoms with E-state index in [9.17, 15) is 14.9 Å². The first-order valence-corrected chi connectivity index (χ1v) is 8.07. The highest BCUT2D eigenvalue weighted by molar-refractivity contribution is 6.30. The Balaban J connectivity index is 1.88. The molecule has 8 heteroatoms. The monoisotopic (exact) mass is 356 g/mol. The number of ether oxygens (including phenoxy) is 2. The van der Waals surface area contributed by atoms with Gasteiger partial charge < -0.3 is 14.4 Å². The second-order valence-corrected chi connectivity index (χ2v) is 7.23. The number of nitro groups is 1. The van der Waals surface area contributed by atoms with Crippen molar-refractivity contribution in [1.82, 2.24) is 4.90 Å². The second kappa shape index (κ2) is 7.25. The molecular formula is C16H21ClN2O5. The molecular weight excluding hydrogens is 336 g/mol. The number of nitrogens with zero attached hydrogens (tertiary/aromatic N) is 2. The minimum atomic E-state index is -0.522. The van der Waals surface area contributed by atoms with Gasteiger partial charge >= 0.3 is 6.09 Å². The average molecular weight is 357 g/mol. The smallest absolute Gasteiger partial charge is 0.410 e. The number of non-ortho nitro benzene ring substituents is 1. The van der Waals surface area contributed by atoms with Gasteiger partial charge in [-0.2, -0.15) is 0 Å². The standard InChI is InChI=1S/C16H21ClN2O5/c1-16(2,3)24-15(20)18-5-4-11(9-18)10-23-14-7-12(17)6-13(8-14)19(21)22/h6-8,11H,4-5,9-10H2,1-3H3. The lowest BCUT2D eigenvalue weighted by molar-refractivity contribution is -0.384. The Hall–Kier alpha value is -2.02. The molecule has 132 valence electrons. The van der Waals surface area contributed by atoms with Gasteiger partial charge in [0.1, 0.15) is 11.4 Å². The molecule has 1 aliphatic heterocycles. The Labute approximate surface area is 145 Å². The van der Waals surface area contributed by atoms with E-state index in [0.29, 0.717) is 25.4 Å². The third-order valence-corrected chi connectivity index (χ3v) is 3.71. The maximum absolute atomic E-state index is 12.0. The number of likely N-dealkylation sites (tertiary alicyclic amines) is 1. The van der Waals surface area contributed by atoms with E-state index in [1.807, 2.05) is 20.8 Å². The van der Waals surface area contributed by atoms with Gasteiger partial charge in [-0.05, 0) is 33.3 Å². The second-order valence-electron chi connectivity index (χ2n) is 6.79. The minimum absolute atomic E-state index is 0.112. The fourth-order valence-electron chi connectivity index (χ4n) is 2.41. The molecule has 1 fully saturated rings.